The molecule has 1 atom stereocenters. The summed E-state index contributed by atoms with van der Waals surface area (Å²) in [6, 6.07) is 15.1. The summed E-state index contributed by atoms with van der Waals surface area (Å²) in [5.41, 5.74) is 6.33. The highest BCUT2D eigenvalue weighted by Crippen LogP contribution is 2.44. The quantitative estimate of drug-likeness (QED) is 0.490. The number of para-hydroxylation sites is 1. The summed E-state index contributed by atoms with van der Waals surface area (Å²) < 4.78 is 24.3. The predicted molar refractivity (Wildman–Crippen MR) is 133 cm³/mol. The van der Waals surface area contributed by atoms with Gasteiger partial charge in [-0.15, -0.1) is 0 Å². The van der Waals surface area contributed by atoms with Crippen LogP contribution in [0.25, 0.3) is 10.9 Å². The van der Waals surface area contributed by atoms with Crippen molar-refractivity contribution in [2.45, 2.75) is 19.8 Å². The van der Waals surface area contributed by atoms with E-state index in [4.69, 9.17) is 15.2 Å². The minimum Gasteiger partial charge on any atom is -0.463 e. The van der Waals surface area contributed by atoms with Crippen LogP contribution < -0.4 is 16.2 Å². The van der Waals surface area contributed by atoms with Crippen LogP contribution in [-0.4, -0.2) is 30.1 Å². The summed E-state index contributed by atoms with van der Waals surface area (Å²) in [7, 11) is 0. The van der Waals surface area contributed by atoms with E-state index in [9.17, 15) is 24.0 Å². The first-order valence-corrected chi connectivity index (χ1v) is 11.5. The first kappa shape index (κ1) is 25.2. The highest BCUT2D eigenvalue weighted by molar-refractivity contribution is 6.07. The number of fused-ring (bicyclic) bond motifs is 1. The van der Waals surface area contributed by atoms with E-state index in [1.807, 2.05) is 6.07 Å². The highest BCUT2D eigenvalue weighted by Gasteiger charge is 2.43. The van der Waals surface area contributed by atoms with Crippen molar-refractivity contribution in [3.8, 4) is 6.07 Å². The molecular weight excluding hydrogens is 479 g/mol. The molecule has 1 aromatic heterocycles. The molecule has 1 unspecified atom stereocenters. The number of benzene rings is 2. The number of nitrogens with zero attached hydrogens (tertiary/aromatic N) is 2. The number of anilines is 1. The number of carbonyl (C=O) groups is 2. The van der Waals surface area contributed by atoms with Gasteiger partial charge in [0.1, 0.15) is 17.3 Å². The molecule has 2 aromatic carbocycles. The lowest BCUT2D eigenvalue weighted by atomic mass is 9.79. The third kappa shape index (κ3) is 4.54. The molecule has 0 aliphatic carbocycles. The average Bonchev–Trinajstić information content (AvgIpc) is 2.88. The van der Waals surface area contributed by atoms with Crippen molar-refractivity contribution in [1.29, 1.82) is 5.26 Å². The fourth-order valence-electron chi connectivity index (χ4n) is 4.38. The van der Waals surface area contributed by atoms with Crippen molar-refractivity contribution < 1.29 is 23.5 Å². The smallest absolute Gasteiger partial charge is 0.355 e. The van der Waals surface area contributed by atoms with Gasteiger partial charge in [-0.3, -0.25) is 9.69 Å². The Bertz CT molecular complexity index is 1550. The van der Waals surface area contributed by atoms with Crippen molar-refractivity contribution in [1.82, 2.24) is 4.98 Å². The second-order valence-electron chi connectivity index (χ2n) is 7.99. The molecule has 3 aromatic rings. The average molecular weight is 503 g/mol. The van der Waals surface area contributed by atoms with Gasteiger partial charge in [0.05, 0.1) is 36.3 Å². The summed E-state index contributed by atoms with van der Waals surface area (Å²) in [6.07, 6.45) is 0. The maximum Gasteiger partial charge on any atom is 0.355 e. The van der Waals surface area contributed by atoms with Gasteiger partial charge < -0.3 is 20.2 Å². The molecule has 3 N–H and O–H groups in total. The SMILES string of the molecule is CCOC(=O)C1=C(C(=O)OCC)N(c2ccc(F)cc2)C(N)=C(C#N)C1c1cc(=O)[nH]c2ccccc12. The molecule has 9 nitrogen and oxygen atoms in total. The van der Waals surface area contributed by atoms with E-state index in [-0.39, 0.29) is 47.1 Å². The second kappa shape index (κ2) is 10.4. The largest absolute Gasteiger partial charge is 0.463 e. The number of hydrogen-bond acceptors (Lipinski definition) is 8. The Balaban J connectivity index is 2.14. The fourth-order valence-corrected chi connectivity index (χ4v) is 4.38. The number of halogens is 1. The Morgan fingerprint density at radius 1 is 1.08 bits per heavy atom. The summed E-state index contributed by atoms with van der Waals surface area (Å²) in [4.78, 5) is 43.4. The molecule has 0 radical (unpaired) electrons. The number of aromatic amines is 1. The number of nitriles is 1. The lowest BCUT2D eigenvalue weighted by molar-refractivity contribution is -0.142. The molecule has 1 aliphatic rings. The molecule has 2 heterocycles. The van der Waals surface area contributed by atoms with E-state index >= 15 is 0 Å². The molecule has 188 valence electrons. The second-order valence-corrected chi connectivity index (χ2v) is 7.99. The third-order valence-corrected chi connectivity index (χ3v) is 5.84. The van der Waals surface area contributed by atoms with Crippen molar-refractivity contribution in [3.63, 3.8) is 0 Å². The number of aromatic nitrogens is 1. The molecule has 0 saturated heterocycles. The van der Waals surface area contributed by atoms with E-state index in [1.54, 1.807) is 38.1 Å². The number of hydrogen-bond donors (Lipinski definition) is 2. The number of H-pyrrole nitrogens is 1. The minimum absolute atomic E-state index is 0.0248. The molecule has 10 heteroatoms. The van der Waals surface area contributed by atoms with Crippen LogP contribution in [-0.2, 0) is 19.1 Å². The van der Waals surface area contributed by atoms with Crippen molar-refractivity contribution in [2.24, 2.45) is 5.73 Å². The lowest BCUT2D eigenvalue weighted by Crippen LogP contribution is -2.41. The molecule has 0 fully saturated rings. The zero-order valence-corrected chi connectivity index (χ0v) is 20.1. The van der Waals surface area contributed by atoms with Crippen LogP contribution in [0.1, 0.15) is 25.3 Å². The Labute approximate surface area is 211 Å². The van der Waals surface area contributed by atoms with Crippen LogP contribution in [0.4, 0.5) is 10.1 Å². The number of ether oxygens (including phenoxy) is 2. The highest BCUT2D eigenvalue weighted by atomic mass is 19.1. The van der Waals surface area contributed by atoms with Gasteiger partial charge in [0, 0.05) is 22.7 Å². The zero-order chi connectivity index (χ0) is 26.7. The zero-order valence-electron chi connectivity index (χ0n) is 20.1. The maximum atomic E-state index is 13.7. The minimum atomic E-state index is -1.23. The lowest BCUT2D eigenvalue weighted by Gasteiger charge is -2.36. The third-order valence-electron chi connectivity index (χ3n) is 5.84. The predicted octanol–water partition coefficient (Wildman–Crippen LogP) is 3.35. The van der Waals surface area contributed by atoms with E-state index < -0.39 is 29.2 Å². The molecule has 1 aliphatic heterocycles. The number of nitrogens with one attached hydrogen (secondary N) is 1. The number of pyridine rings is 1. The van der Waals surface area contributed by atoms with Gasteiger partial charge >= 0.3 is 11.9 Å². The summed E-state index contributed by atoms with van der Waals surface area (Å²) >= 11 is 0. The maximum absolute atomic E-state index is 13.7. The van der Waals surface area contributed by atoms with Crippen LogP contribution in [0.3, 0.4) is 0 Å². The number of rotatable bonds is 6. The van der Waals surface area contributed by atoms with E-state index in [1.165, 1.54) is 23.1 Å². The molecule has 0 amide bonds. The topological polar surface area (TPSA) is 139 Å². The van der Waals surface area contributed by atoms with E-state index in [0.29, 0.717) is 10.9 Å². The monoisotopic (exact) mass is 502 g/mol. The molecule has 0 spiro atoms. The Kier molecular flexibility index (Phi) is 7.06. The van der Waals surface area contributed by atoms with Gasteiger partial charge in [0.15, 0.2) is 0 Å². The molecule has 4 rings (SSSR count). The van der Waals surface area contributed by atoms with Crippen molar-refractivity contribution >= 4 is 28.5 Å². The van der Waals surface area contributed by atoms with E-state index in [0.717, 1.165) is 12.1 Å². The summed E-state index contributed by atoms with van der Waals surface area (Å²) in [6.45, 7) is 3.13. The summed E-state index contributed by atoms with van der Waals surface area (Å²) in [5.74, 6) is -3.75. The number of allylic oxidation sites excluding steroid dienone is 1. The molecule has 37 heavy (non-hydrogen) atoms. The van der Waals surface area contributed by atoms with Gasteiger partial charge in [-0.25, -0.2) is 14.0 Å². The van der Waals surface area contributed by atoms with Gasteiger partial charge in [-0.2, -0.15) is 5.26 Å². The molecular formula is C27H23FN4O5. The Morgan fingerprint density at radius 2 is 1.73 bits per heavy atom. The van der Waals surface area contributed by atoms with Gasteiger partial charge in [0.2, 0.25) is 5.56 Å². The standard InChI is InChI=1S/C27H23FN4O5/c1-3-36-26(34)23-22(18-13-21(33)31-20-8-6-5-7-17(18)20)19(14-29)25(30)32(24(23)27(35)37-4-2)16-11-9-15(28)10-12-16/h5-13,22H,3-4,30H2,1-2H3,(H,31,33). The molecule has 0 bridgehead atoms. The first-order valence-electron chi connectivity index (χ1n) is 11.5. The Hall–Kier alpha value is -4.91. The van der Waals surface area contributed by atoms with Crippen LogP contribution in [0.15, 0.2) is 82.1 Å². The van der Waals surface area contributed by atoms with Gasteiger partial charge in [0.25, 0.3) is 0 Å². The molecule has 0 saturated carbocycles. The normalized spacial score (nSPS) is 15.5. The van der Waals surface area contributed by atoms with Crippen LogP contribution in [0.5, 0.6) is 0 Å². The van der Waals surface area contributed by atoms with Crippen LogP contribution >= 0.6 is 0 Å². The van der Waals surface area contributed by atoms with Crippen molar-refractivity contribution in [2.75, 3.05) is 18.1 Å². The van der Waals surface area contributed by atoms with E-state index in [2.05, 4.69) is 4.98 Å². The number of carbonyl (C=O) groups excluding carboxylic acids is 2. The Morgan fingerprint density at radius 3 is 2.38 bits per heavy atom. The van der Waals surface area contributed by atoms with Crippen LogP contribution in [0.2, 0.25) is 0 Å². The van der Waals surface area contributed by atoms with Gasteiger partial charge in [-0.1, -0.05) is 18.2 Å². The number of esters is 2. The van der Waals surface area contributed by atoms with Crippen LogP contribution in [0, 0.1) is 17.1 Å². The fraction of sp³-hybridized carbons (Fsp3) is 0.185. The summed E-state index contributed by atoms with van der Waals surface area (Å²) in [5, 5.41) is 10.8. The number of nitrogens with two attached hydrogens (primary N) is 1. The first-order chi connectivity index (χ1) is 17.8. The van der Waals surface area contributed by atoms with Gasteiger partial charge in [-0.05, 0) is 49.7 Å². The van der Waals surface area contributed by atoms with Crippen molar-refractivity contribution in [3.05, 3.63) is 99.0 Å².